The number of non-ortho nitro benzene ring substituents is 1. The van der Waals surface area contributed by atoms with Crippen molar-refractivity contribution in [2.75, 3.05) is 0 Å². The number of sulfonamides is 1. The third kappa shape index (κ3) is 3.31. The highest BCUT2D eigenvalue weighted by Crippen LogP contribution is 2.23. The number of aryl methyl sites for hydroxylation is 1. The van der Waals surface area contributed by atoms with Crippen LogP contribution in [0.5, 0.6) is 0 Å². The third-order valence-electron chi connectivity index (χ3n) is 2.99. The van der Waals surface area contributed by atoms with Crippen LogP contribution in [0.25, 0.3) is 0 Å². The Kier molecular flexibility index (Phi) is 4.47. The van der Waals surface area contributed by atoms with E-state index in [1.54, 1.807) is 6.92 Å². The van der Waals surface area contributed by atoms with E-state index in [9.17, 15) is 18.5 Å². The fraction of sp³-hybridized carbons (Fsp3) is 0.417. The molecule has 7 nitrogen and oxygen atoms in total. The van der Waals surface area contributed by atoms with E-state index in [1.165, 1.54) is 26.0 Å². The monoisotopic (exact) mass is 297 g/mol. The van der Waals surface area contributed by atoms with Gasteiger partial charge in [0, 0.05) is 12.1 Å². The summed E-state index contributed by atoms with van der Waals surface area (Å²) in [5.41, 5.74) is -1.19. The molecule has 0 aliphatic carbocycles. The van der Waals surface area contributed by atoms with Gasteiger partial charge in [-0.3, -0.25) is 10.1 Å². The summed E-state index contributed by atoms with van der Waals surface area (Å²) in [6.07, 6.45) is 0.275. The zero-order valence-electron chi connectivity index (χ0n) is 11.4. The second-order valence-electron chi connectivity index (χ2n) is 4.61. The lowest BCUT2D eigenvalue weighted by atomic mass is 10.0. The standard InChI is InChI=1S/C12H15N3O4S/c1-4-12(3,8-13)14-20(18,19)11-7-10(15(16)17)6-5-9(11)2/h5-7,14H,4H2,1-3H3. The Hall–Kier alpha value is -1.98. The molecule has 0 spiro atoms. The number of nitro benzene ring substituents is 1. The summed E-state index contributed by atoms with van der Waals surface area (Å²) >= 11 is 0. The maximum Gasteiger partial charge on any atom is 0.270 e. The number of nitro groups is 1. The molecule has 0 saturated carbocycles. The van der Waals surface area contributed by atoms with Crippen LogP contribution in [0.15, 0.2) is 23.1 Å². The zero-order chi connectivity index (χ0) is 15.6. The molecule has 1 rings (SSSR count). The van der Waals surface area contributed by atoms with E-state index in [0.29, 0.717) is 5.56 Å². The molecule has 0 aromatic heterocycles. The zero-order valence-corrected chi connectivity index (χ0v) is 12.2. The molecular weight excluding hydrogens is 282 g/mol. The van der Waals surface area contributed by atoms with E-state index < -0.39 is 20.5 Å². The Labute approximate surface area is 117 Å². The van der Waals surface area contributed by atoms with Crippen molar-refractivity contribution in [3.05, 3.63) is 33.9 Å². The number of benzene rings is 1. The van der Waals surface area contributed by atoms with Crippen molar-refractivity contribution < 1.29 is 13.3 Å². The predicted octanol–water partition coefficient (Wildman–Crippen LogP) is 1.87. The van der Waals surface area contributed by atoms with E-state index in [0.717, 1.165) is 6.07 Å². The molecule has 1 aromatic rings. The van der Waals surface area contributed by atoms with Gasteiger partial charge in [0.15, 0.2) is 0 Å². The molecule has 0 saturated heterocycles. The van der Waals surface area contributed by atoms with E-state index in [-0.39, 0.29) is 17.0 Å². The molecule has 0 aliphatic rings. The van der Waals surface area contributed by atoms with Crippen molar-refractivity contribution in [2.24, 2.45) is 0 Å². The summed E-state index contributed by atoms with van der Waals surface area (Å²) in [7, 11) is -4.01. The second kappa shape index (κ2) is 5.56. The first-order valence-corrected chi connectivity index (χ1v) is 7.34. The van der Waals surface area contributed by atoms with Crippen LogP contribution in [-0.2, 0) is 10.0 Å². The number of nitrogens with zero attached hydrogens (tertiary/aromatic N) is 2. The van der Waals surface area contributed by atoms with Gasteiger partial charge in [-0.15, -0.1) is 0 Å². The number of rotatable bonds is 5. The molecule has 1 N–H and O–H groups in total. The van der Waals surface area contributed by atoms with Gasteiger partial charge in [-0.2, -0.15) is 9.98 Å². The van der Waals surface area contributed by atoms with Gasteiger partial charge in [-0.25, -0.2) is 8.42 Å². The first-order valence-electron chi connectivity index (χ1n) is 5.85. The average molecular weight is 297 g/mol. The van der Waals surface area contributed by atoms with Crippen LogP contribution in [0, 0.1) is 28.4 Å². The van der Waals surface area contributed by atoms with Crippen LogP contribution < -0.4 is 4.72 Å². The summed E-state index contributed by atoms with van der Waals surface area (Å²) in [4.78, 5) is 9.87. The van der Waals surface area contributed by atoms with E-state index in [2.05, 4.69) is 4.72 Å². The summed E-state index contributed by atoms with van der Waals surface area (Å²) < 4.78 is 26.8. The van der Waals surface area contributed by atoms with Gasteiger partial charge in [0.05, 0.1) is 15.9 Å². The van der Waals surface area contributed by atoms with Crippen molar-refractivity contribution in [1.82, 2.24) is 4.72 Å². The highest BCUT2D eigenvalue weighted by atomic mass is 32.2. The quantitative estimate of drug-likeness (QED) is 0.658. The minimum atomic E-state index is -4.01. The fourth-order valence-corrected chi connectivity index (χ4v) is 3.18. The van der Waals surface area contributed by atoms with Crippen molar-refractivity contribution in [3.8, 4) is 6.07 Å². The van der Waals surface area contributed by atoms with Crippen LogP contribution in [-0.4, -0.2) is 18.9 Å². The molecule has 1 unspecified atom stereocenters. The normalized spacial score (nSPS) is 14.3. The van der Waals surface area contributed by atoms with Crippen LogP contribution in [0.2, 0.25) is 0 Å². The lowest BCUT2D eigenvalue weighted by molar-refractivity contribution is -0.385. The second-order valence-corrected chi connectivity index (χ2v) is 6.26. The Bertz CT molecular complexity index is 678. The van der Waals surface area contributed by atoms with Crippen molar-refractivity contribution in [2.45, 2.75) is 37.6 Å². The van der Waals surface area contributed by atoms with Gasteiger partial charge < -0.3 is 0 Å². The Morgan fingerprint density at radius 2 is 2.10 bits per heavy atom. The summed E-state index contributed by atoms with van der Waals surface area (Å²) in [5, 5.41) is 19.7. The van der Waals surface area contributed by atoms with Gasteiger partial charge >= 0.3 is 0 Å². The highest BCUT2D eigenvalue weighted by Gasteiger charge is 2.30. The summed E-state index contributed by atoms with van der Waals surface area (Å²) in [6.45, 7) is 4.66. The maximum atomic E-state index is 12.3. The number of nitrogens with one attached hydrogen (secondary N) is 1. The molecule has 20 heavy (non-hydrogen) atoms. The lowest BCUT2D eigenvalue weighted by Crippen LogP contribution is -2.44. The van der Waals surface area contributed by atoms with Crippen LogP contribution >= 0.6 is 0 Å². The first kappa shape index (κ1) is 16.1. The highest BCUT2D eigenvalue weighted by molar-refractivity contribution is 7.89. The summed E-state index contributed by atoms with van der Waals surface area (Å²) in [6, 6.07) is 5.48. The molecular formula is C12H15N3O4S. The molecule has 0 amide bonds. The minimum absolute atomic E-state index is 0.193. The molecule has 8 heteroatoms. The maximum absolute atomic E-state index is 12.3. The van der Waals surface area contributed by atoms with Crippen LogP contribution in [0.1, 0.15) is 25.8 Å². The summed E-state index contributed by atoms with van der Waals surface area (Å²) in [5.74, 6) is 0. The molecule has 1 aromatic carbocycles. The topological polar surface area (TPSA) is 113 Å². The average Bonchev–Trinajstić information content (AvgIpc) is 2.38. The van der Waals surface area contributed by atoms with Crippen LogP contribution in [0.3, 0.4) is 0 Å². The molecule has 0 heterocycles. The predicted molar refractivity (Wildman–Crippen MR) is 72.5 cm³/mol. The SMILES string of the molecule is CCC(C)(C#N)NS(=O)(=O)c1cc([N+](=O)[O-])ccc1C. The molecule has 0 fully saturated rings. The first-order chi connectivity index (χ1) is 9.15. The molecule has 0 aliphatic heterocycles. The van der Waals surface area contributed by atoms with E-state index in [1.807, 2.05) is 6.07 Å². The van der Waals surface area contributed by atoms with Gasteiger partial charge in [0.25, 0.3) is 5.69 Å². The molecule has 1 atom stereocenters. The number of hydrogen-bond acceptors (Lipinski definition) is 5. The Balaban J connectivity index is 3.33. The smallest absolute Gasteiger partial charge is 0.258 e. The van der Waals surface area contributed by atoms with E-state index in [4.69, 9.17) is 5.26 Å². The number of nitriles is 1. The largest absolute Gasteiger partial charge is 0.270 e. The molecule has 0 bridgehead atoms. The fourth-order valence-electron chi connectivity index (χ4n) is 1.52. The lowest BCUT2D eigenvalue weighted by Gasteiger charge is -2.21. The molecule has 108 valence electrons. The molecule has 0 radical (unpaired) electrons. The van der Waals surface area contributed by atoms with Crippen molar-refractivity contribution in [3.63, 3.8) is 0 Å². The van der Waals surface area contributed by atoms with Gasteiger partial charge in [-0.1, -0.05) is 13.0 Å². The van der Waals surface area contributed by atoms with Crippen molar-refractivity contribution >= 4 is 15.7 Å². The van der Waals surface area contributed by atoms with Gasteiger partial charge in [-0.05, 0) is 25.8 Å². The van der Waals surface area contributed by atoms with Gasteiger partial charge in [0.2, 0.25) is 10.0 Å². The van der Waals surface area contributed by atoms with Crippen molar-refractivity contribution in [1.29, 1.82) is 5.26 Å². The Morgan fingerprint density at radius 3 is 2.55 bits per heavy atom. The Morgan fingerprint density at radius 1 is 1.50 bits per heavy atom. The third-order valence-corrected chi connectivity index (χ3v) is 4.72. The van der Waals surface area contributed by atoms with E-state index >= 15 is 0 Å². The minimum Gasteiger partial charge on any atom is -0.258 e. The van der Waals surface area contributed by atoms with Gasteiger partial charge in [0.1, 0.15) is 5.54 Å². The van der Waals surface area contributed by atoms with Crippen LogP contribution in [0.4, 0.5) is 5.69 Å². The number of hydrogen-bond donors (Lipinski definition) is 1.